The summed E-state index contributed by atoms with van der Waals surface area (Å²) in [5, 5.41) is 2.99. The molecule has 1 heterocycles. The number of halogens is 4. The molecule has 0 aromatic carbocycles. The largest absolute Gasteiger partial charge is 1.00 e. The van der Waals surface area contributed by atoms with Gasteiger partial charge in [0.25, 0.3) is 14.2 Å². The number of hydrogen-bond donors (Lipinski definition) is 2. The molecule has 15 unspecified atom stereocenters. The second-order valence-corrected chi connectivity index (χ2v) is 27.6. The summed E-state index contributed by atoms with van der Waals surface area (Å²) in [5.41, 5.74) is 5.38. The molecule has 0 amide bonds. The zero-order chi connectivity index (χ0) is 53.7. The summed E-state index contributed by atoms with van der Waals surface area (Å²) >= 11 is 11.1. The number of nitrogens with one attached hydrogen (secondary N) is 1. The van der Waals surface area contributed by atoms with Crippen molar-refractivity contribution in [1.82, 2.24) is 5.09 Å². The van der Waals surface area contributed by atoms with Crippen molar-refractivity contribution < 1.29 is 120 Å². The number of hydrogen-bond acceptors (Lipinski definition) is 20. The van der Waals surface area contributed by atoms with Crippen LogP contribution in [0.2, 0.25) is 0 Å². The number of methoxy groups -OCH3 is 3. The van der Waals surface area contributed by atoms with Crippen molar-refractivity contribution in [1.29, 1.82) is 0 Å². The Kier molecular flexibility index (Phi) is 109. The zero-order valence-corrected chi connectivity index (χ0v) is 54.3. The van der Waals surface area contributed by atoms with E-state index in [9.17, 15) is 27.4 Å². The Hall–Kier alpha value is 3.54. The van der Waals surface area contributed by atoms with Gasteiger partial charge in [-0.15, -0.1) is 32.1 Å². The molecule has 3 aliphatic rings. The summed E-state index contributed by atoms with van der Waals surface area (Å²) in [4.78, 5) is 0. The number of rotatable bonds is 25. The van der Waals surface area contributed by atoms with Gasteiger partial charge in [-0.1, -0.05) is 93.7 Å². The molecule has 0 spiro atoms. The molecule has 1 saturated heterocycles. The van der Waals surface area contributed by atoms with Gasteiger partial charge in [-0.25, -0.2) is 9.65 Å². The van der Waals surface area contributed by atoms with Crippen LogP contribution in [0, 0.1) is 0 Å². The molecule has 2 aliphatic carbocycles. The number of ether oxygens (including phenoxy) is 3. The van der Waals surface area contributed by atoms with Crippen LogP contribution >= 0.6 is 108 Å². The van der Waals surface area contributed by atoms with Crippen LogP contribution in [0.25, 0.3) is 0 Å². The van der Waals surface area contributed by atoms with E-state index in [0.717, 1.165) is 19.3 Å². The van der Waals surface area contributed by atoms with Crippen LogP contribution in [0.3, 0.4) is 0 Å². The van der Waals surface area contributed by atoms with Crippen LogP contribution in [0.1, 0.15) is 157 Å². The van der Waals surface area contributed by atoms with E-state index in [1.807, 2.05) is 13.8 Å². The second-order valence-electron chi connectivity index (χ2n) is 14.6. The van der Waals surface area contributed by atoms with E-state index >= 15 is 0 Å². The maximum Gasteiger partial charge on any atom is 1.00 e. The smallest absolute Gasteiger partial charge is 0.870 e. The van der Waals surface area contributed by atoms with Gasteiger partial charge in [0, 0.05) is 87.0 Å². The first-order chi connectivity index (χ1) is 31.4. The molecule has 3 rings (SSSR count). The fourth-order valence-electron chi connectivity index (χ4n) is 4.49. The fraction of sp³-hybridized carbons (Fsp3) is 1.00. The van der Waals surface area contributed by atoms with Crippen LogP contribution in [-0.2, 0) is 82.3 Å². The quantitative estimate of drug-likeness (QED) is 0.0634. The van der Waals surface area contributed by atoms with Crippen LogP contribution in [-0.4, -0.2) is 148 Å². The van der Waals surface area contributed by atoms with Gasteiger partial charge in [0.2, 0.25) is 0 Å². The van der Waals surface area contributed by atoms with Gasteiger partial charge in [0.15, 0.2) is 6.66 Å². The van der Waals surface area contributed by atoms with Gasteiger partial charge in [0.05, 0.1) is 63.3 Å². The van der Waals surface area contributed by atoms with Crippen LogP contribution in [0.5, 0.6) is 0 Å². The van der Waals surface area contributed by atoms with Crippen molar-refractivity contribution in [3.05, 3.63) is 0 Å². The predicted molar refractivity (Wildman–Crippen MR) is 346 cm³/mol. The molecule has 21 nitrogen and oxygen atoms in total. The van der Waals surface area contributed by atoms with E-state index in [1.165, 1.54) is 53.3 Å². The Morgan fingerprint density at radius 3 is 1.37 bits per heavy atom. The second kappa shape index (κ2) is 73.0. The third-order valence-electron chi connectivity index (χ3n) is 7.40. The maximum atomic E-state index is 13.0. The molecule has 1 aliphatic heterocycles. The minimum Gasteiger partial charge on any atom is -0.870 e. The first-order valence-electron chi connectivity index (χ1n) is 21.6. The molecule has 78 heavy (non-hydrogen) atoms. The monoisotopic (exact) mass is 1400 g/mol. The molecule has 34 heteroatoms. The van der Waals surface area contributed by atoms with Crippen LogP contribution in [0.15, 0.2) is 0 Å². The van der Waals surface area contributed by atoms with Crippen molar-refractivity contribution in [3.63, 3.8) is 0 Å². The molecule has 0 bridgehead atoms. The van der Waals surface area contributed by atoms with Gasteiger partial charge in [-0.3, -0.25) is 22.7 Å². The van der Waals surface area contributed by atoms with E-state index in [0.29, 0.717) is 32.5 Å². The van der Waals surface area contributed by atoms with Gasteiger partial charge in [0.1, 0.15) is 18.8 Å². The predicted octanol–water partition coefficient (Wildman–Crippen LogP) is 15.4. The molecule has 3 fully saturated rings. The van der Waals surface area contributed by atoms with Crippen LogP contribution in [0.4, 0.5) is 0 Å². The first kappa shape index (κ1) is 116. The van der Waals surface area contributed by atoms with Gasteiger partial charge < -0.3 is 43.5 Å². The molecule has 0 radical (unpaired) electrons. The van der Waals surface area contributed by atoms with E-state index in [-0.39, 0.29) is 153 Å². The summed E-state index contributed by atoms with van der Waals surface area (Å²) in [6.45, 7) is 9.18. The minimum atomic E-state index is -3.94. The minimum absolute atomic E-state index is 0. The van der Waals surface area contributed by atoms with Gasteiger partial charge in [-0.05, 0) is 83.0 Å². The van der Waals surface area contributed by atoms with Crippen molar-refractivity contribution in [2.75, 3.05) is 93.5 Å². The van der Waals surface area contributed by atoms with Crippen molar-refractivity contribution in [2.45, 2.75) is 203 Å². The SMILES string of the molecule is C.C.C.C.C.C.C.C.C.C.CC1CO[P+](=O)O1.COCC(C)OP(C)(=O)Cl.COCC(C)O[P+](C)=O.ClCl.NC1CCC1.[3H]C(P)P(=O)(OCC(C)OP(C)(=O)NC1CCC1)OC(C)COP(=O)(Cl)OC(C)COC.[3H]CP.[Na+].[OH-]. The molecule has 2 saturated carbocycles. The molecule has 488 valence electrons. The summed E-state index contributed by atoms with van der Waals surface area (Å²) in [7, 11) is 6.89. The van der Waals surface area contributed by atoms with E-state index < -0.39 is 69.3 Å². The summed E-state index contributed by atoms with van der Waals surface area (Å²) in [6, 6.07) is 0.744. The standard InChI is InChI=1S/C16H36ClNO9P4.C5H12ClO3P.C5H12O3P.C4H9N.C3H6O3P.CH5P.10CH4.Cl2.Na.H2O/c1-13(9-22-4)27-31(17,21)24-11-15(3)26-30(20,12-28)23-10-14(2)25-29(5,19)18-16-7-6-8-16;1-5(4-8-2)9-10(3,6)7;1-5(4-7-2)8-9(3)6;5-4-2-1-3-4;1-3-2-5-7(4)6-3;1-2;;;;;;;;;;;1-2;;/h13-16H,6-12,28H2,1-5H3,(H,18,19);5H,4H2,1-3H3;5H,4H2,1-3H3;4H,1-3,5H2;3H,2H2,1H3;2H2,1H3;10*1H4;;;1H2/q;;+1;;+1;;;;;;;;;;;;;+1;/p-1/i12T;;;;;1T;;;;;;;;;;;;;. The van der Waals surface area contributed by atoms with E-state index in [2.05, 4.69) is 54.3 Å². The Morgan fingerprint density at radius 1 is 0.731 bits per heavy atom. The Balaban J connectivity index is -0.0000000507. The van der Waals surface area contributed by atoms with Gasteiger partial charge in [-0.2, -0.15) is 0 Å². The fourth-order valence-corrected chi connectivity index (χ4v) is 11.8. The van der Waals surface area contributed by atoms with Crippen molar-refractivity contribution >= 4 is 108 Å². The topological polar surface area (TPSA) is 281 Å². The molecule has 0 aromatic rings. The third kappa shape index (κ3) is 81.6. The van der Waals surface area contributed by atoms with Crippen LogP contribution < -0.4 is 40.4 Å². The van der Waals surface area contributed by atoms with Gasteiger partial charge >= 0.3 is 60.4 Å². The molecule has 0 aromatic heterocycles. The Bertz CT molecular complexity index is 1510. The number of nitrogens with two attached hydrogens (primary N) is 1. The third-order valence-corrected chi connectivity index (χ3v) is 15.7. The summed E-state index contributed by atoms with van der Waals surface area (Å²) in [6.07, 6.45) is 4.53. The normalized spacial score (nSPS) is 19.6. The van der Waals surface area contributed by atoms with E-state index in [1.54, 1.807) is 35.0 Å². The first-order valence-corrected chi connectivity index (χ1v) is 34.8. The Labute approximate surface area is 531 Å². The average Bonchev–Trinajstić information content (AvgIpc) is 3.56. The van der Waals surface area contributed by atoms with Crippen molar-refractivity contribution in [3.8, 4) is 0 Å². The molecule has 4 N–H and O–H groups in total. The summed E-state index contributed by atoms with van der Waals surface area (Å²) < 4.78 is 143. The van der Waals surface area contributed by atoms with E-state index in [4.69, 9.17) is 76.8 Å². The Morgan fingerprint density at radius 2 is 1.09 bits per heavy atom. The average molecular weight is 1400 g/mol. The summed E-state index contributed by atoms with van der Waals surface area (Å²) in [5.74, 6) is -1.29. The molecular formula is C44H121Cl4N2NaO19P8+2. The molecule has 15 atom stereocenters. The molecular weight excluding hydrogens is 1270 g/mol. The van der Waals surface area contributed by atoms with Crippen molar-refractivity contribution in [2.24, 2.45) is 5.73 Å². The maximum absolute atomic E-state index is 13.0. The zero-order valence-electron chi connectivity index (χ0n) is 43.6.